The molecule has 1 N–H and O–H groups in total. The number of aryl methyl sites for hydroxylation is 1. The van der Waals surface area contributed by atoms with Gasteiger partial charge in [-0.15, -0.1) is 0 Å². The van der Waals surface area contributed by atoms with Gasteiger partial charge in [0, 0.05) is 48.0 Å². The lowest BCUT2D eigenvalue weighted by atomic mass is 9.96. The van der Waals surface area contributed by atoms with Crippen LogP contribution in [0.5, 0.6) is 0 Å². The lowest BCUT2D eigenvalue weighted by Gasteiger charge is -2.33. The van der Waals surface area contributed by atoms with Gasteiger partial charge in [-0.25, -0.2) is 23.1 Å². The molecular formula is C26H26ClN5O2S. The van der Waals surface area contributed by atoms with Crippen LogP contribution in [0.4, 0.5) is 5.82 Å². The average molecular weight is 508 g/mol. The van der Waals surface area contributed by atoms with Crippen molar-refractivity contribution < 1.29 is 8.42 Å². The molecule has 0 atom stereocenters. The third-order valence-corrected chi connectivity index (χ3v) is 8.14. The van der Waals surface area contributed by atoms with E-state index in [0.717, 1.165) is 59.3 Å². The number of anilines is 1. The topological polar surface area (TPSA) is 88.1 Å². The van der Waals surface area contributed by atoms with Crippen molar-refractivity contribution in [2.24, 2.45) is 5.92 Å². The van der Waals surface area contributed by atoms with E-state index < -0.39 is 10.0 Å². The molecule has 0 bridgehead atoms. The molecule has 0 amide bonds. The number of sulfonamides is 1. The molecule has 1 aliphatic rings. The molecule has 3 heterocycles. The van der Waals surface area contributed by atoms with Crippen LogP contribution in [0, 0.1) is 12.8 Å². The van der Waals surface area contributed by atoms with Crippen molar-refractivity contribution in [3.63, 3.8) is 0 Å². The number of piperidine rings is 1. The molecule has 5 rings (SSSR count). The van der Waals surface area contributed by atoms with E-state index >= 15 is 0 Å². The Morgan fingerprint density at radius 3 is 2.63 bits per heavy atom. The standard InChI is InChI=1S/C26H26ClN5O2S/c1-18-12-21(20-4-3-9-28-16-20)13-24-25(18)29-17-30-26(24)32-10-7-19(8-11-32)15-31-35(33,34)23-6-2-5-22(27)14-23/h2-6,9,12-14,16-17,19,31H,7-8,10-11,15H2,1H3. The van der Waals surface area contributed by atoms with Gasteiger partial charge in [-0.05, 0) is 73.2 Å². The van der Waals surface area contributed by atoms with Gasteiger partial charge in [0.05, 0.1) is 10.4 Å². The summed E-state index contributed by atoms with van der Waals surface area (Å²) in [6.45, 7) is 4.06. The van der Waals surface area contributed by atoms with Crippen LogP contribution in [0.1, 0.15) is 18.4 Å². The summed E-state index contributed by atoms with van der Waals surface area (Å²) in [7, 11) is -3.59. The highest BCUT2D eigenvalue weighted by atomic mass is 35.5. The highest BCUT2D eigenvalue weighted by Gasteiger charge is 2.24. The number of fused-ring (bicyclic) bond motifs is 1. The molecule has 0 spiro atoms. The van der Waals surface area contributed by atoms with Crippen LogP contribution < -0.4 is 9.62 Å². The van der Waals surface area contributed by atoms with E-state index in [9.17, 15) is 8.42 Å². The number of halogens is 1. The van der Waals surface area contributed by atoms with E-state index in [1.807, 2.05) is 18.3 Å². The van der Waals surface area contributed by atoms with Gasteiger partial charge in [-0.2, -0.15) is 0 Å². The third kappa shape index (κ3) is 5.15. The number of rotatable bonds is 6. The van der Waals surface area contributed by atoms with Gasteiger partial charge < -0.3 is 4.90 Å². The molecule has 9 heteroatoms. The highest BCUT2D eigenvalue weighted by molar-refractivity contribution is 7.89. The Morgan fingerprint density at radius 2 is 1.89 bits per heavy atom. The number of hydrogen-bond acceptors (Lipinski definition) is 6. The molecule has 1 aliphatic heterocycles. The predicted octanol–water partition coefficient (Wildman–Crippen LogP) is 4.85. The second-order valence-electron chi connectivity index (χ2n) is 8.87. The van der Waals surface area contributed by atoms with Gasteiger partial charge in [0.1, 0.15) is 12.1 Å². The number of pyridine rings is 1. The van der Waals surface area contributed by atoms with Crippen molar-refractivity contribution in [3.8, 4) is 11.1 Å². The number of nitrogens with zero attached hydrogens (tertiary/aromatic N) is 4. The van der Waals surface area contributed by atoms with Crippen LogP contribution in [0.15, 0.2) is 72.1 Å². The molecule has 35 heavy (non-hydrogen) atoms. The minimum atomic E-state index is -3.59. The zero-order valence-electron chi connectivity index (χ0n) is 19.4. The minimum Gasteiger partial charge on any atom is -0.356 e. The first-order valence-corrected chi connectivity index (χ1v) is 13.4. The summed E-state index contributed by atoms with van der Waals surface area (Å²) >= 11 is 5.96. The normalized spacial score (nSPS) is 15.0. The van der Waals surface area contributed by atoms with E-state index in [0.29, 0.717) is 11.6 Å². The molecule has 180 valence electrons. The number of benzene rings is 2. The van der Waals surface area contributed by atoms with Crippen LogP contribution in [0.25, 0.3) is 22.0 Å². The van der Waals surface area contributed by atoms with Crippen molar-refractivity contribution in [2.75, 3.05) is 24.5 Å². The Labute approximate surface area is 210 Å². The fraction of sp³-hybridized carbons (Fsp3) is 0.269. The summed E-state index contributed by atoms with van der Waals surface area (Å²) < 4.78 is 28.0. The van der Waals surface area contributed by atoms with Gasteiger partial charge in [-0.3, -0.25) is 4.98 Å². The van der Waals surface area contributed by atoms with Crippen molar-refractivity contribution in [1.29, 1.82) is 0 Å². The van der Waals surface area contributed by atoms with Gasteiger partial charge in [0.15, 0.2) is 0 Å². The maximum absolute atomic E-state index is 12.6. The molecule has 0 radical (unpaired) electrons. The number of aromatic nitrogens is 3. The molecule has 0 aliphatic carbocycles. The van der Waals surface area contributed by atoms with E-state index in [2.05, 4.69) is 43.6 Å². The highest BCUT2D eigenvalue weighted by Crippen LogP contribution is 2.32. The summed E-state index contributed by atoms with van der Waals surface area (Å²) in [6.07, 6.45) is 6.99. The van der Waals surface area contributed by atoms with Crippen LogP contribution in [0.2, 0.25) is 5.02 Å². The van der Waals surface area contributed by atoms with Crippen LogP contribution in [0.3, 0.4) is 0 Å². The predicted molar refractivity (Wildman–Crippen MR) is 139 cm³/mol. The minimum absolute atomic E-state index is 0.190. The quantitative estimate of drug-likeness (QED) is 0.401. The summed E-state index contributed by atoms with van der Waals surface area (Å²) in [5, 5.41) is 1.42. The lowest BCUT2D eigenvalue weighted by Crippen LogP contribution is -2.39. The van der Waals surface area contributed by atoms with Gasteiger partial charge in [-0.1, -0.05) is 23.7 Å². The van der Waals surface area contributed by atoms with Crippen molar-refractivity contribution >= 4 is 38.3 Å². The SMILES string of the molecule is Cc1cc(-c2cccnc2)cc2c(N3CCC(CNS(=O)(=O)c4cccc(Cl)c4)CC3)ncnc12. The Bertz CT molecular complexity index is 1460. The molecule has 4 aromatic rings. The third-order valence-electron chi connectivity index (χ3n) is 6.49. The zero-order valence-corrected chi connectivity index (χ0v) is 20.9. The molecule has 2 aromatic carbocycles. The van der Waals surface area contributed by atoms with Gasteiger partial charge in [0.25, 0.3) is 0 Å². The maximum atomic E-state index is 12.6. The molecular weight excluding hydrogens is 482 g/mol. The molecule has 0 unspecified atom stereocenters. The summed E-state index contributed by atoms with van der Waals surface area (Å²) in [6, 6.07) is 14.6. The Balaban J connectivity index is 1.31. The lowest BCUT2D eigenvalue weighted by molar-refractivity contribution is 0.401. The Hall–Kier alpha value is -3.07. The average Bonchev–Trinajstić information content (AvgIpc) is 2.88. The summed E-state index contributed by atoms with van der Waals surface area (Å²) in [5.74, 6) is 1.17. The second kappa shape index (κ2) is 9.89. The van der Waals surface area contributed by atoms with E-state index in [1.54, 1.807) is 30.7 Å². The molecule has 1 fully saturated rings. The smallest absolute Gasteiger partial charge is 0.240 e. The van der Waals surface area contributed by atoms with Crippen LogP contribution >= 0.6 is 11.6 Å². The summed E-state index contributed by atoms with van der Waals surface area (Å²) in [5.41, 5.74) is 4.18. The molecule has 0 saturated carbocycles. The Morgan fingerprint density at radius 1 is 1.06 bits per heavy atom. The van der Waals surface area contributed by atoms with Crippen molar-refractivity contribution in [1.82, 2.24) is 19.7 Å². The first-order valence-electron chi connectivity index (χ1n) is 11.6. The largest absolute Gasteiger partial charge is 0.356 e. The Kier molecular flexibility index (Phi) is 6.69. The second-order valence-corrected chi connectivity index (χ2v) is 11.1. The number of nitrogens with one attached hydrogen (secondary N) is 1. The monoisotopic (exact) mass is 507 g/mol. The first-order chi connectivity index (χ1) is 16.9. The van der Waals surface area contributed by atoms with Gasteiger partial charge in [0.2, 0.25) is 10.0 Å². The number of hydrogen-bond donors (Lipinski definition) is 1. The fourth-order valence-electron chi connectivity index (χ4n) is 4.58. The maximum Gasteiger partial charge on any atom is 0.240 e. The van der Waals surface area contributed by atoms with Crippen LogP contribution in [-0.4, -0.2) is 43.0 Å². The zero-order chi connectivity index (χ0) is 24.4. The molecule has 7 nitrogen and oxygen atoms in total. The summed E-state index contributed by atoms with van der Waals surface area (Å²) in [4.78, 5) is 15.9. The fourth-order valence-corrected chi connectivity index (χ4v) is 5.99. The molecule has 2 aromatic heterocycles. The van der Waals surface area contributed by atoms with E-state index in [1.165, 1.54) is 6.07 Å². The first kappa shape index (κ1) is 23.7. The van der Waals surface area contributed by atoms with Crippen molar-refractivity contribution in [3.05, 3.63) is 77.8 Å². The van der Waals surface area contributed by atoms with E-state index in [-0.39, 0.29) is 10.8 Å². The van der Waals surface area contributed by atoms with Gasteiger partial charge >= 0.3 is 0 Å². The molecule has 1 saturated heterocycles. The van der Waals surface area contributed by atoms with E-state index in [4.69, 9.17) is 11.6 Å². The van der Waals surface area contributed by atoms with Crippen molar-refractivity contribution in [2.45, 2.75) is 24.7 Å². The van der Waals surface area contributed by atoms with Crippen LogP contribution in [-0.2, 0) is 10.0 Å².